The van der Waals surface area contributed by atoms with Gasteiger partial charge in [-0.3, -0.25) is 5.21 Å². The molecule has 6 nitrogen and oxygen atoms in total. The summed E-state index contributed by atoms with van der Waals surface area (Å²) < 4.78 is 4.78. The third-order valence-corrected chi connectivity index (χ3v) is 2.70. The molecule has 0 spiro atoms. The Bertz CT molecular complexity index is 385. The Labute approximate surface area is 92.3 Å². The van der Waals surface area contributed by atoms with Crippen molar-refractivity contribution in [2.24, 2.45) is 5.92 Å². The number of carbonyl (C=O) groups excluding carboxylic acids is 1. The molecule has 0 aromatic heterocycles. The van der Waals surface area contributed by atoms with Crippen molar-refractivity contribution in [1.82, 2.24) is 0 Å². The van der Waals surface area contributed by atoms with Crippen molar-refractivity contribution in [3.8, 4) is 0 Å². The molecule has 0 saturated heterocycles. The van der Waals surface area contributed by atoms with E-state index in [-0.39, 0.29) is 28.7 Å². The van der Waals surface area contributed by atoms with Crippen molar-refractivity contribution >= 4 is 11.7 Å². The predicted molar refractivity (Wildman–Crippen MR) is 53.3 cm³/mol. The fourth-order valence-electron chi connectivity index (χ4n) is 1.99. The van der Waals surface area contributed by atoms with Crippen LogP contribution in [0.15, 0.2) is 11.5 Å². The largest absolute Gasteiger partial charge is 0.511 e. The third kappa shape index (κ3) is 1.60. The van der Waals surface area contributed by atoms with Crippen LogP contribution in [-0.2, 0) is 14.4 Å². The Kier molecular flexibility index (Phi) is 2.72. The van der Waals surface area contributed by atoms with E-state index in [9.17, 15) is 15.1 Å². The van der Waals surface area contributed by atoms with Gasteiger partial charge in [0.1, 0.15) is 11.5 Å². The highest BCUT2D eigenvalue weighted by Gasteiger charge is 2.44. The van der Waals surface area contributed by atoms with E-state index in [1.165, 1.54) is 0 Å². The second kappa shape index (κ2) is 4.03. The van der Waals surface area contributed by atoms with Crippen LogP contribution in [0.5, 0.6) is 0 Å². The van der Waals surface area contributed by atoms with Gasteiger partial charge in [-0.25, -0.2) is 4.79 Å². The van der Waals surface area contributed by atoms with E-state index >= 15 is 0 Å². The highest BCUT2D eigenvalue weighted by Crippen LogP contribution is 2.34. The van der Waals surface area contributed by atoms with Crippen LogP contribution >= 0.6 is 0 Å². The van der Waals surface area contributed by atoms with Gasteiger partial charge >= 0.3 is 11.7 Å². The molecule has 1 heterocycles. The molecule has 6 heteroatoms. The van der Waals surface area contributed by atoms with Crippen LogP contribution in [0.25, 0.3) is 0 Å². The molecule has 0 aromatic carbocycles. The van der Waals surface area contributed by atoms with E-state index < -0.39 is 11.9 Å². The van der Waals surface area contributed by atoms with Crippen LogP contribution in [0.4, 0.5) is 0 Å². The summed E-state index contributed by atoms with van der Waals surface area (Å²) >= 11 is 0. The van der Waals surface area contributed by atoms with Gasteiger partial charge in [0.05, 0.1) is 17.4 Å². The van der Waals surface area contributed by atoms with Crippen LogP contribution in [0.2, 0.25) is 0 Å². The topological polar surface area (TPSA) is 81.8 Å². The maximum absolute atomic E-state index is 11.5. The number of hydrogen-bond acceptors (Lipinski definition) is 5. The Hall–Kier alpha value is -1.72. The van der Waals surface area contributed by atoms with Crippen molar-refractivity contribution in [2.75, 3.05) is 6.61 Å². The minimum atomic E-state index is -0.674. The van der Waals surface area contributed by atoms with Crippen molar-refractivity contribution in [3.05, 3.63) is 16.7 Å². The molecule has 88 valence electrons. The Morgan fingerprint density at radius 1 is 1.75 bits per heavy atom. The molecule has 1 N–H and O–H groups in total. The summed E-state index contributed by atoms with van der Waals surface area (Å²) in [6, 6.07) is 0. The van der Waals surface area contributed by atoms with Gasteiger partial charge in [0, 0.05) is 6.42 Å². The predicted octanol–water partition coefficient (Wildman–Crippen LogP) is 1.02. The molecular weight excluding hydrogens is 214 g/mol. The number of rotatable bonds is 2. The summed E-state index contributed by atoms with van der Waals surface area (Å²) in [6.45, 7) is 1.87. The maximum atomic E-state index is 11.5. The minimum Gasteiger partial charge on any atom is -0.511 e. The van der Waals surface area contributed by atoms with Gasteiger partial charge in [0.25, 0.3) is 0 Å². The van der Waals surface area contributed by atoms with Gasteiger partial charge in [0.15, 0.2) is 0 Å². The minimum absolute atomic E-state index is 0.0522. The Morgan fingerprint density at radius 2 is 2.50 bits per heavy atom. The number of ether oxygens (including phenoxy) is 1. The van der Waals surface area contributed by atoms with Crippen molar-refractivity contribution in [2.45, 2.75) is 26.2 Å². The highest BCUT2D eigenvalue weighted by molar-refractivity contribution is 6.35. The van der Waals surface area contributed by atoms with Gasteiger partial charge in [-0.05, 0) is 19.8 Å². The number of carbonyl (C=O) groups is 1. The fourth-order valence-corrected chi connectivity index (χ4v) is 1.99. The van der Waals surface area contributed by atoms with Crippen LogP contribution in [0.1, 0.15) is 26.2 Å². The second-order valence-electron chi connectivity index (χ2n) is 3.71. The van der Waals surface area contributed by atoms with Gasteiger partial charge in [-0.1, -0.05) is 0 Å². The standard InChI is InChI=1S/C10H13NO5/c1-2-15-10(13)8-6-4-3-5-7(12)9(6)16-11(8)14/h6,12H,2-5H2,1H3/t6-/m1/s1. The molecule has 0 saturated carbocycles. The molecule has 1 aliphatic heterocycles. The van der Waals surface area contributed by atoms with Gasteiger partial charge in [-0.2, -0.15) is 0 Å². The monoisotopic (exact) mass is 227 g/mol. The van der Waals surface area contributed by atoms with Crippen molar-refractivity contribution in [3.63, 3.8) is 0 Å². The van der Waals surface area contributed by atoms with E-state index in [4.69, 9.17) is 9.57 Å². The number of fused-ring (bicyclic) bond motifs is 1. The molecule has 0 unspecified atom stereocenters. The lowest BCUT2D eigenvalue weighted by Gasteiger charge is -2.17. The summed E-state index contributed by atoms with van der Waals surface area (Å²) in [7, 11) is 0. The smallest absolute Gasteiger partial charge is 0.405 e. The SMILES string of the molecule is CCOC(=O)C1=[N+]([O-])OC2=C(O)CCC[C@@H]21. The third-order valence-electron chi connectivity index (χ3n) is 2.70. The zero-order valence-electron chi connectivity index (χ0n) is 8.93. The zero-order valence-corrected chi connectivity index (χ0v) is 8.93. The molecule has 0 bridgehead atoms. The van der Waals surface area contributed by atoms with Gasteiger partial charge in [-0.15, -0.1) is 0 Å². The van der Waals surface area contributed by atoms with Gasteiger partial charge in [0.2, 0.25) is 0 Å². The maximum Gasteiger partial charge on any atom is 0.405 e. The second-order valence-corrected chi connectivity index (χ2v) is 3.71. The molecular formula is C10H13NO5. The summed E-state index contributed by atoms with van der Waals surface area (Å²) in [5, 5.41) is 21.0. The summed E-state index contributed by atoms with van der Waals surface area (Å²) in [5.41, 5.74) is -0.0666. The van der Waals surface area contributed by atoms with E-state index in [0.29, 0.717) is 12.8 Å². The molecule has 0 amide bonds. The molecule has 1 atom stereocenters. The van der Waals surface area contributed by atoms with E-state index in [1.54, 1.807) is 6.92 Å². The molecule has 1 aliphatic carbocycles. The number of esters is 1. The number of hydrogen-bond donors (Lipinski definition) is 1. The highest BCUT2D eigenvalue weighted by atomic mass is 16.9. The first-order chi connectivity index (χ1) is 7.65. The zero-order chi connectivity index (χ0) is 11.7. The first kappa shape index (κ1) is 10.8. The molecule has 0 fully saturated rings. The van der Waals surface area contributed by atoms with Crippen LogP contribution < -0.4 is 0 Å². The van der Waals surface area contributed by atoms with Crippen LogP contribution in [0.3, 0.4) is 0 Å². The molecule has 0 radical (unpaired) electrons. The average molecular weight is 227 g/mol. The average Bonchev–Trinajstić information content (AvgIpc) is 2.56. The summed E-state index contributed by atoms with van der Waals surface area (Å²) in [4.78, 5) is 16.5. The summed E-state index contributed by atoms with van der Waals surface area (Å²) in [6.07, 6.45) is 1.82. The van der Waals surface area contributed by atoms with Crippen molar-refractivity contribution < 1.29 is 24.4 Å². The van der Waals surface area contributed by atoms with Crippen LogP contribution in [0, 0.1) is 11.1 Å². The first-order valence-corrected chi connectivity index (χ1v) is 5.26. The lowest BCUT2D eigenvalue weighted by atomic mass is 9.89. The van der Waals surface area contributed by atoms with Gasteiger partial charge < -0.3 is 14.7 Å². The Morgan fingerprint density at radius 3 is 3.19 bits per heavy atom. The number of aliphatic hydroxyl groups is 1. The summed E-state index contributed by atoms with van der Waals surface area (Å²) in [5.74, 6) is -0.877. The van der Waals surface area contributed by atoms with E-state index in [1.807, 2.05) is 0 Å². The quantitative estimate of drug-likeness (QED) is 0.562. The van der Waals surface area contributed by atoms with E-state index in [2.05, 4.69) is 0 Å². The molecule has 2 aliphatic rings. The molecule has 2 rings (SSSR count). The number of allylic oxidation sites excluding steroid dienone is 2. The molecule has 16 heavy (non-hydrogen) atoms. The number of nitrogens with zero attached hydrogens (tertiary/aromatic N) is 1. The number of aliphatic hydroxyl groups excluding tert-OH is 1. The normalized spacial score (nSPS) is 24.2. The van der Waals surface area contributed by atoms with Crippen molar-refractivity contribution in [1.29, 1.82) is 0 Å². The lowest BCUT2D eigenvalue weighted by Crippen LogP contribution is -2.29. The Balaban J connectivity index is 2.29. The van der Waals surface area contributed by atoms with E-state index in [0.717, 1.165) is 6.42 Å². The molecule has 0 aromatic rings. The first-order valence-electron chi connectivity index (χ1n) is 5.26. The fraction of sp³-hybridized carbons (Fsp3) is 0.600. The van der Waals surface area contributed by atoms with Crippen LogP contribution in [-0.4, -0.2) is 28.3 Å². The lowest BCUT2D eigenvalue weighted by molar-refractivity contribution is -0.717.